The number of carbonyl (C=O) groups is 3. The molecule has 0 N–H and O–H groups in total. The maximum absolute atomic E-state index is 12.6. The highest BCUT2D eigenvalue weighted by Crippen LogP contribution is 2.15. The first-order valence-corrected chi connectivity index (χ1v) is 21.5. The topological polar surface area (TPSA) is 78.9 Å². The molecule has 0 amide bonds. The highest BCUT2D eigenvalue weighted by molar-refractivity contribution is 5.72. The molecule has 0 saturated carbocycles. The molecule has 0 aliphatic rings. The molecule has 0 saturated heterocycles. The number of rotatable bonds is 38. The maximum Gasteiger partial charge on any atom is 0.310 e. The zero-order valence-corrected chi connectivity index (χ0v) is 33.6. The molecule has 0 radical (unpaired) electrons. The second kappa shape index (κ2) is 40.4. The van der Waals surface area contributed by atoms with E-state index < -0.39 is 12.1 Å². The molecule has 0 rings (SSSR count). The summed E-state index contributed by atoms with van der Waals surface area (Å²) >= 11 is 0. The van der Waals surface area contributed by atoms with Gasteiger partial charge in [0, 0.05) is 12.8 Å². The van der Waals surface area contributed by atoms with E-state index in [1.54, 1.807) is 6.08 Å². The van der Waals surface area contributed by atoms with Crippen LogP contribution in [0.25, 0.3) is 0 Å². The van der Waals surface area contributed by atoms with Crippen molar-refractivity contribution in [2.45, 2.75) is 219 Å². The predicted octanol–water partition coefficient (Wildman–Crippen LogP) is 13.4. The molecule has 0 fully saturated rings. The van der Waals surface area contributed by atoms with Gasteiger partial charge in [-0.2, -0.15) is 0 Å². The van der Waals surface area contributed by atoms with Crippen molar-refractivity contribution in [1.29, 1.82) is 0 Å². The predicted molar refractivity (Wildman–Crippen MR) is 215 cm³/mol. The third-order valence-electron chi connectivity index (χ3n) is 9.19. The Labute approximate surface area is 315 Å². The smallest absolute Gasteiger partial charge is 0.310 e. The van der Waals surface area contributed by atoms with Crippen LogP contribution >= 0.6 is 0 Å². The first kappa shape index (κ1) is 48.6. The van der Waals surface area contributed by atoms with Gasteiger partial charge in [-0.1, -0.05) is 198 Å². The van der Waals surface area contributed by atoms with Crippen LogP contribution in [-0.4, -0.2) is 37.2 Å². The lowest BCUT2D eigenvalue weighted by atomic mass is 10.0. The Bertz CT molecular complexity index is 876. The van der Waals surface area contributed by atoms with Crippen LogP contribution in [0.3, 0.4) is 0 Å². The highest BCUT2D eigenvalue weighted by atomic mass is 16.6. The lowest BCUT2D eigenvalue weighted by molar-refractivity contribution is -0.166. The lowest BCUT2D eigenvalue weighted by Gasteiger charge is -2.18. The molecule has 0 aromatic carbocycles. The third kappa shape index (κ3) is 38.7. The Kier molecular flexibility index (Phi) is 38.5. The van der Waals surface area contributed by atoms with Gasteiger partial charge in [0.05, 0.1) is 6.42 Å². The van der Waals surface area contributed by atoms with Crippen LogP contribution in [0.1, 0.15) is 213 Å². The molecule has 0 aliphatic heterocycles. The van der Waals surface area contributed by atoms with E-state index in [1.807, 2.05) is 6.08 Å². The fourth-order valence-corrected chi connectivity index (χ4v) is 5.98. The summed E-state index contributed by atoms with van der Waals surface area (Å²) in [7, 11) is 0. The molecule has 6 nitrogen and oxygen atoms in total. The number of hydrogen-bond acceptors (Lipinski definition) is 6. The molecule has 0 spiro atoms. The Morgan fingerprint density at radius 3 is 1.12 bits per heavy atom. The summed E-state index contributed by atoms with van der Waals surface area (Å²) < 4.78 is 16.5. The molecule has 0 bridgehead atoms. The number of unbranched alkanes of at least 4 members (excludes halogenated alkanes) is 22. The molecule has 1 atom stereocenters. The average Bonchev–Trinajstić information content (AvgIpc) is 3.12. The zero-order chi connectivity index (χ0) is 37.3. The monoisotopic (exact) mass is 717 g/mol. The zero-order valence-electron chi connectivity index (χ0n) is 33.6. The number of allylic oxidation sites excluding steroid dienone is 5. The Morgan fingerprint density at radius 2 is 0.745 bits per heavy atom. The SMILES string of the molecule is CC/C=C\C/C=C\C/C=C\CC(=O)OC(COC(=O)CCCCCCCCCCC)COC(=O)CCCCCCCCCCCCCCCCC. The molecule has 0 aliphatic carbocycles. The van der Waals surface area contributed by atoms with Crippen LogP contribution in [0.5, 0.6) is 0 Å². The Balaban J connectivity index is 4.35. The van der Waals surface area contributed by atoms with Crippen molar-refractivity contribution in [3.8, 4) is 0 Å². The number of ether oxygens (including phenoxy) is 3. The van der Waals surface area contributed by atoms with E-state index >= 15 is 0 Å². The van der Waals surface area contributed by atoms with Crippen LogP contribution in [-0.2, 0) is 28.6 Å². The summed E-state index contributed by atoms with van der Waals surface area (Å²) in [5, 5.41) is 0. The van der Waals surface area contributed by atoms with E-state index in [4.69, 9.17) is 14.2 Å². The third-order valence-corrected chi connectivity index (χ3v) is 9.19. The van der Waals surface area contributed by atoms with E-state index in [-0.39, 0.29) is 31.6 Å². The minimum atomic E-state index is -0.812. The van der Waals surface area contributed by atoms with Crippen LogP contribution in [0.15, 0.2) is 36.5 Å². The molecule has 0 heterocycles. The number of carbonyl (C=O) groups excluding carboxylic acids is 3. The highest BCUT2D eigenvalue weighted by Gasteiger charge is 2.19. The molecule has 6 heteroatoms. The fraction of sp³-hybridized carbons (Fsp3) is 0.800. The van der Waals surface area contributed by atoms with Crippen molar-refractivity contribution in [2.24, 2.45) is 0 Å². The van der Waals surface area contributed by atoms with Crippen LogP contribution in [0.4, 0.5) is 0 Å². The Morgan fingerprint density at radius 1 is 0.412 bits per heavy atom. The van der Waals surface area contributed by atoms with E-state index in [1.165, 1.54) is 116 Å². The van der Waals surface area contributed by atoms with E-state index in [9.17, 15) is 14.4 Å². The molecular formula is C45H80O6. The average molecular weight is 717 g/mol. The van der Waals surface area contributed by atoms with Gasteiger partial charge < -0.3 is 14.2 Å². The minimum Gasteiger partial charge on any atom is -0.462 e. The summed E-state index contributed by atoms with van der Waals surface area (Å²) in [5.74, 6) is -1.03. The van der Waals surface area contributed by atoms with Crippen molar-refractivity contribution in [3.05, 3.63) is 36.5 Å². The Hall–Kier alpha value is -2.37. The van der Waals surface area contributed by atoms with Crippen LogP contribution in [0.2, 0.25) is 0 Å². The second-order valence-electron chi connectivity index (χ2n) is 14.3. The quantitative estimate of drug-likeness (QED) is 0.0274. The van der Waals surface area contributed by atoms with Gasteiger partial charge in [-0.15, -0.1) is 0 Å². The van der Waals surface area contributed by atoms with E-state index in [0.717, 1.165) is 57.8 Å². The van der Waals surface area contributed by atoms with Gasteiger partial charge in [-0.3, -0.25) is 14.4 Å². The van der Waals surface area contributed by atoms with Crippen molar-refractivity contribution in [1.82, 2.24) is 0 Å². The van der Waals surface area contributed by atoms with Gasteiger partial charge in [-0.05, 0) is 32.1 Å². The van der Waals surface area contributed by atoms with Gasteiger partial charge in [0.1, 0.15) is 13.2 Å². The molecule has 51 heavy (non-hydrogen) atoms. The molecular weight excluding hydrogens is 636 g/mol. The minimum absolute atomic E-state index is 0.105. The standard InChI is InChI=1S/C45H80O6/c1-4-7-10-13-16-19-20-21-22-23-24-27-29-32-35-38-44(47)50-41-42(51-45(48)39-36-33-30-26-18-15-12-9-6-3)40-49-43(46)37-34-31-28-25-17-14-11-8-5-2/h9,12,18,26,33,36,42H,4-8,10-11,13-17,19-25,27-32,34-35,37-41H2,1-3H3/b12-9-,26-18-,36-33-. The molecule has 0 aromatic heterocycles. The van der Waals surface area contributed by atoms with E-state index in [2.05, 4.69) is 45.1 Å². The second-order valence-corrected chi connectivity index (χ2v) is 14.3. The van der Waals surface area contributed by atoms with Gasteiger partial charge in [0.25, 0.3) is 0 Å². The van der Waals surface area contributed by atoms with Crippen molar-refractivity contribution in [3.63, 3.8) is 0 Å². The largest absolute Gasteiger partial charge is 0.462 e. The summed E-state index contributed by atoms with van der Waals surface area (Å²) in [6, 6.07) is 0. The van der Waals surface area contributed by atoms with Crippen molar-refractivity contribution < 1.29 is 28.6 Å². The summed E-state index contributed by atoms with van der Waals surface area (Å²) in [6.45, 7) is 6.40. The molecule has 296 valence electrons. The number of hydrogen-bond donors (Lipinski definition) is 0. The van der Waals surface area contributed by atoms with Crippen molar-refractivity contribution >= 4 is 17.9 Å². The summed E-state index contributed by atoms with van der Waals surface area (Å²) in [6.07, 6.45) is 44.5. The molecule has 1 unspecified atom stereocenters. The molecule has 0 aromatic rings. The van der Waals surface area contributed by atoms with Crippen LogP contribution in [0, 0.1) is 0 Å². The lowest BCUT2D eigenvalue weighted by Crippen LogP contribution is -2.30. The van der Waals surface area contributed by atoms with Gasteiger partial charge >= 0.3 is 17.9 Å². The maximum atomic E-state index is 12.6. The van der Waals surface area contributed by atoms with Gasteiger partial charge in [-0.25, -0.2) is 0 Å². The van der Waals surface area contributed by atoms with E-state index in [0.29, 0.717) is 12.8 Å². The summed E-state index contributed by atoms with van der Waals surface area (Å²) in [5.41, 5.74) is 0. The van der Waals surface area contributed by atoms with Crippen LogP contribution < -0.4 is 0 Å². The normalized spacial score (nSPS) is 12.3. The fourth-order valence-electron chi connectivity index (χ4n) is 5.98. The number of esters is 3. The summed E-state index contributed by atoms with van der Waals surface area (Å²) in [4.78, 5) is 37.4. The first-order chi connectivity index (χ1) is 25.0. The van der Waals surface area contributed by atoms with Crippen molar-refractivity contribution in [2.75, 3.05) is 13.2 Å². The first-order valence-electron chi connectivity index (χ1n) is 21.5. The van der Waals surface area contributed by atoms with Gasteiger partial charge in [0.2, 0.25) is 0 Å². The van der Waals surface area contributed by atoms with Gasteiger partial charge in [0.15, 0.2) is 6.10 Å².